The van der Waals surface area contributed by atoms with Crippen molar-refractivity contribution < 1.29 is 0 Å². The second-order valence-electron chi connectivity index (χ2n) is 3.64. The van der Waals surface area contributed by atoms with Crippen LogP contribution in [0.5, 0.6) is 0 Å². The molecule has 1 aromatic heterocycles. The molecule has 3 nitrogen and oxygen atoms in total. The van der Waals surface area contributed by atoms with Gasteiger partial charge in [0.25, 0.3) is 0 Å². The Hall–Kier alpha value is -0.830. The molecule has 0 fully saturated rings. The lowest BCUT2D eigenvalue weighted by Crippen LogP contribution is -2.06. The molecule has 1 aromatic rings. The molecule has 0 aliphatic carbocycles. The lowest BCUT2D eigenvalue weighted by molar-refractivity contribution is 0.580. The lowest BCUT2D eigenvalue weighted by Gasteiger charge is -2.06. The van der Waals surface area contributed by atoms with E-state index in [9.17, 15) is 0 Å². The Morgan fingerprint density at radius 2 is 2.21 bits per heavy atom. The van der Waals surface area contributed by atoms with Crippen molar-refractivity contribution in [3.63, 3.8) is 0 Å². The van der Waals surface area contributed by atoms with E-state index >= 15 is 0 Å². The fraction of sp³-hybridized carbons (Fsp3) is 0.727. The van der Waals surface area contributed by atoms with Crippen LogP contribution in [0.4, 0.5) is 0 Å². The molecule has 3 heteroatoms. The molecule has 0 saturated carbocycles. The number of hydrogen-bond acceptors (Lipinski definition) is 2. The second kappa shape index (κ2) is 6.60. The molecular formula is C11H21N3. The largest absolute Gasteiger partial charge is 0.335 e. The van der Waals surface area contributed by atoms with Gasteiger partial charge in [0.1, 0.15) is 5.82 Å². The summed E-state index contributed by atoms with van der Waals surface area (Å²) >= 11 is 0. The summed E-state index contributed by atoms with van der Waals surface area (Å²) in [6.07, 6.45) is 9.79. The van der Waals surface area contributed by atoms with Crippen molar-refractivity contribution in [1.29, 1.82) is 0 Å². The monoisotopic (exact) mass is 195 g/mol. The van der Waals surface area contributed by atoms with E-state index in [0.717, 1.165) is 32.4 Å². The second-order valence-corrected chi connectivity index (χ2v) is 3.64. The molecule has 0 bridgehead atoms. The maximum Gasteiger partial charge on any atom is 0.108 e. The van der Waals surface area contributed by atoms with Crippen LogP contribution in [0.2, 0.25) is 0 Å². The Bertz CT molecular complexity index is 242. The Labute approximate surface area is 86.3 Å². The van der Waals surface area contributed by atoms with Crippen LogP contribution >= 0.6 is 0 Å². The smallest absolute Gasteiger partial charge is 0.108 e. The normalized spacial score (nSPS) is 10.7. The highest BCUT2D eigenvalue weighted by molar-refractivity contribution is 4.92. The molecule has 0 amide bonds. The van der Waals surface area contributed by atoms with Crippen LogP contribution in [0.25, 0.3) is 0 Å². The number of unbranched alkanes of at least 4 members (excludes halogenated alkanes) is 2. The molecule has 0 atom stereocenters. The highest BCUT2D eigenvalue weighted by Gasteiger charge is 2.00. The maximum atomic E-state index is 5.46. The van der Waals surface area contributed by atoms with Gasteiger partial charge in [0.05, 0.1) is 0 Å². The van der Waals surface area contributed by atoms with Gasteiger partial charge >= 0.3 is 0 Å². The third-order valence-corrected chi connectivity index (χ3v) is 2.41. The number of nitrogens with two attached hydrogens (primary N) is 1. The van der Waals surface area contributed by atoms with E-state index in [1.807, 2.05) is 6.20 Å². The minimum absolute atomic E-state index is 0.791. The van der Waals surface area contributed by atoms with Crippen LogP contribution in [-0.4, -0.2) is 16.1 Å². The van der Waals surface area contributed by atoms with Crippen LogP contribution in [0.15, 0.2) is 12.4 Å². The fourth-order valence-corrected chi connectivity index (χ4v) is 1.53. The molecule has 0 aliphatic heterocycles. The number of rotatable bonds is 7. The van der Waals surface area contributed by atoms with Crippen LogP contribution in [0.3, 0.4) is 0 Å². The number of nitrogens with zero attached hydrogens (tertiary/aromatic N) is 2. The summed E-state index contributed by atoms with van der Waals surface area (Å²) in [5, 5.41) is 0. The van der Waals surface area contributed by atoms with Crippen molar-refractivity contribution in [2.45, 2.75) is 45.6 Å². The number of hydrogen-bond donors (Lipinski definition) is 1. The molecule has 0 aliphatic rings. The molecule has 1 heterocycles. The maximum absolute atomic E-state index is 5.46. The van der Waals surface area contributed by atoms with Gasteiger partial charge < -0.3 is 10.3 Å². The molecule has 2 N–H and O–H groups in total. The molecular weight excluding hydrogens is 174 g/mol. The minimum atomic E-state index is 0.791. The van der Waals surface area contributed by atoms with E-state index in [2.05, 4.69) is 22.7 Å². The summed E-state index contributed by atoms with van der Waals surface area (Å²) in [5.41, 5.74) is 5.46. The lowest BCUT2D eigenvalue weighted by atomic mass is 10.2. The Morgan fingerprint density at radius 3 is 2.93 bits per heavy atom. The molecule has 14 heavy (non-hydrogen) atoms. The SMILES string of the molecule is CCCCc1nccn1CCCCN. The van der Waals surface area contributed by atoms with E-state index < -0.39 is 0 Å². The Balaban J connectivity index is 2.37. The Morgan fingerprint density at radius 1 is 1.36 bits per heavy atom. The minimum Gasteiger partial charge on any atom is -0.335 e. The van der Waals surface area contributed by atoms with Gasteiger partial charge in [-0.25, -0.2) is 4.98 Å². The number of imidazole rings is 1. The predicted octanol–water partition coefficient (Wildman–Crippen LogP) is 1.96. The van der Waals surface area contributed by atoms with Crippen molar-refractivity contribution in [1.82, 2.24) is 9.55 Å². The van der Waals surface area contributed by atoms with Crippen LogP contribution in [-0.2, 0) is 13.0 Å². The zero-order chi connectivity index (χ0) is 10.2. The number of aryl methyl sites for hydroxylation is 2. The summed E-state index contributed by atoms with van der Waals surface area (Å²) in [4.78, 5) is 4.36. The van der Waals surface area contributed by atoms with E-state index in [-0.39, 0.29) is 0 Å². The zero-order valence-corrected chi connectivity index (χ0v) is 9.08. The first kappa shape index (κ1) is 11.2. The van der Waals surface area contributed by atoms with E-state index in [1.54, 1.807) is 0 Å². The average Bonchev–Trinajstić information content (AvgIpc) is 2.63. The van der Waals surface area contributed by atoms with Gasteiger partial charge in [-0.15, -0.1) is 0 Å². The third-order valence-electron chi connectivity index (χ3n) is 2.41. The van der Waals surface area contributed by atoms with Gasteiger partial charge in [-0.2, -0.15) is 0 Å². The molecule has 0 radical (unpaired) electrons. The Kier molecular flexibility index (Phi) is 5.30. The zero-order valence-electron chi connectivity index (χ0n) is 9.08. The highest BCUT2D eigenvalue weighted by Crippen LogP contribution is 2.05. The summed E-state index contributed by atoms with van der Waals surface area (Å²) in [5.74, 6) is 1.23. The van der Waals surface area contributed by atoms with Crippen LogP contribution in [0.1, 0.15) is 38.4 Å². The van der Waals surface area contributed by atoms with Gasteiger partial charge in [-0.3, -0.25) is 0 Å². The fourth-order valence-electron chi connectivity index (χ4n) is 1.53. The summed E-state index contributed by atoms with van der Waals surface area (Å²) in [6, 6.07) is 0. The quantitative estimate of drug-likeness (QED) is 0.676. The molecule has 1 rings (SSSR count). The third kappa shape index (κ3) is 3.50. The highest BCUT2D eigenvalue weighted by atomic mass is 15.1. The summed E-state index contributed by atoms with van der Waals surface area (Å²) in [6.45, 7) is 4.07. The van der Waals surface area contributed by atoms with Gasteiger partial charge in [-0.05, 0) is 25.8 Å². The van der Waals surface area contributed by atoms with Crippen molar-refractivity contribution in [3.8, 4) is 0 Å². The summed E-state index contributed by atoms with van der Waals surface area (Å²) in [7, 11) is 0. The van der Waals surface area contributed by atoms with Crippen molar-refractivity contribution in [2.75, 3.05) is 6.54 Å². The van der Waals surface area contributed by atoms with Gasteiger partial charge in [0.2, 0.25) is 0 Å². The van der Waals surface area contributed by atoms with Gasteiger partial charge in [0, 0.05) is 25.4 Å². The number of aromatic nitrogens is 2. The molecule has 0 saturated heterocycles. The summed E-state index contributed by atoms with van der Waals surface area (Å²) < 4.78 is 2.26. The molecule has 0 unspecified atom stereocenters. The van der Waals surface area contributed by atoms with E-state index in [0.29, 0.717) is 0 Å². The van der Waals surface area contributed by atoms with E-state index in [1.165, 1.54) is 18.7 Å². The van der Waals surface area contributed by atoms with E-state index in [4.69, 9.17) is 5.73 Å². The first-order chi connectivity index (χ1) is 6.88. The van der Waals surface area contributed by atoms with Crippen molar-refractivity contribution >= 4 is 0 Å². The predicted molar refractivity (Wildman–Crippen MR) is 59.1 cm³/mol. The van der Waals surface area contributed by atoms with Crippen LogP contribution in [0, 0.1) is 0 Å². The van der Waals surface area contributed by atoms with Gasteiger partial charge in [0.15, 0.2) is 0 Å². The van der Waals surface area contributed by atoms with Crippen molar-refractivity contribution in [2.24, 2.45) is 5.73 Å². The van der Waals surface area contributed by atoms with Gasteiger partial charge in [-0.1, -0.05) is 13.3 Å². The first-order valence-corrected chi connectivity index (χ1v) is 5.58. The standard InChI is InChI=1S/C11H21N3/c1-2-3-6-11-13-8-10-14(11)9-5-4-7-12/h8,10H,2-7,9,12H2,1H3. The molecule has 80 valence electrons. The van der Waals surface area contributed by atoms with Crippen molar-refractivity contribution in [3.05, 3.63) is 18.2 Å². The average molecular weight is 195 g/mol. The first-order valence-electron chi connectivity index (χ1n) is 5.58. The topological polar surface area (TPSA) is 43.8 Å². The molecule has 0 aromatic carbocycles. The molecule has 0 spiro atoms. The van der Waals surface area contributed by atoms with Crippen LogP contribution < -0.4 is 5.73 Å².